The Morgan fingerprint density at radius 1 is 1.19 bits per heavy atom. The molecule has 32 heavy (non-hydrogen) atoms. The standard InChI is InChI=1S/C23H24FN7O/c1-12-9-13(2)31(28-12)11-19(32)30-8-7-16-18(30)6-5-15(21(16)24)17-10-29(4)23-20(17)22(25)26-14(3)27-23/h5-6,9-10H,7-8,11H2,1-4H3,(H2,25,26,27). The van der Waals surface area contributed by atoms with Gasteiger partial charge < -0.3 is 15.2 Å². The number of hydrogen-bond acceptors (Lipinski definition) is 5. The number of hydrogen-bond donors (Lipinski definition) is 1. The molecule has 1 aliphatic rings. The predicted octanol–water partition coefficient (Wildman–Crippen LogP) is 3.07. The average molecular weight is 433 g/mol. The lowest BCUT2D eigenvalue weighted by Crippen LogP contribution is -2.32. The number of aromatic nitrogens is 5. The van der Waals surface area contributed by atoms with Crippen molar-refractivity contribution in [1.29, 1.82) is 0 Å². The normalized spacial score (nSPS) is 13.2. The van der Waals surface area contributed by atoms with E-state index in [0.29, 0.717) is 58.0 Å². The fraction of sp³-hybridized carbons (Fsp3) is 0.304. The Labute approximate surface area is 184 Å². The first-order chi connectivity index (χ1) is 15.2. The first-order valence-corrected chi connectivity index (χ1v) is 10.5. The second-order valence-electron chi connectivity index (χ2n) is 8.31. The molecule has 2 N–H and O–H groups in total. The summed E-state index contributed by atoms with van der Waals surface area (Å²) in [6.07, 6.45) is 2.27. The maximum absolute atomic E-state index is 15.7. The number of nitrogens with two attached hydrogens (primary N) is 1. The Morgan fingerprint density at radius 3 is 2.69 bits per heavy atom. The lowest BCUT2D eigenvalue weighted by Gasteiger charge is -2.18. The Kier molecular flexibility index (Phi) is 4.51. The zero-order valence-corrected chi connectivity index (χ0v) is 18.5. The molecular formula is C23H24FN7O. The Bertz CT molecular complexity index is 1400. The molecule has 164 valence electrons. The van der Waals surface area contributed by atoms with Gasteiger partial charge in [-0.2, -0.15) is 5.10 Å². The summed E-state index contributed by atoms with van der Waals surface area (Å²) in [5, 5.41) is 5.00. The quantitative estimate of drug-likeness (QED) is 0.536. The van der Waals surface area contributed by atoms with Gasteiger partial charge in [-0.1, -0.05) is 0 Å². The molecule has 4 aromatic rings. The third-order valence-electron chi connectivity index (χ3n) is 6.03. The molecule has 0 radical (unpaired) electrons. The van der Waals surface area contributed by atoms with Crippen molar-refractivity contribution in [3.63, 3.8) is 0 Å². The van der Waals surface area contributed by atoms with Crippen molar-refractivity contribution in [2.75, 3.05) is 17.2 Å². The molecule has 0 fully saturated rings. The predicted molar refractivity (Wildman–Crippen MR) is 121 cm³/mol. The van der Waals surface area contributed by atoms with Crippen molar-refractivity contribution in [3.05, 3.63) is 53.0 Å². The van der Waals surface area contributed by atoms with Gasteiger partial charge in [0.2, 0.25) is 5.91 Å². The number of anilines is 2. The number of amides is 1. The summed E-state index contributed by atoms with van der Waals surface area (Å²) in [6, 6.07) is 5.44. The van der Waals surface area contributed by atoms with Gasteiger partial charge in [-0.25, -0.2) is 14.4 Å². The Balaban J connectivity index is 1.53. The van der Waals surface area contributed by atoms with Crippen LogP contribution >= 0.6 is 0 Å². The molecule has 8 nitrogen and oxygen atoms in total. The van der Waals surface area contributed by atoms with Crippen LogP contribution in [0.4, 0.5) is 15.9 Å². The van der Waals surface area contributed by atoms with Gasteiger partial charge in [0.05, 0.1) is 11.1 Å². The first kappa shape index (κ1) is 20.2. The topological polar surface area (TPSA) is 94.9 Å². The summed E-state index contributed by atoms with van der Waals surface area (Å²) in [4.78, 5) is 23.3. The molecule has 9 heteroatoms. The van der Waals surface area contributed by atoms with Crippen LogP contribution in [0.2, 0.25) is 0 Å². The molecule has 0 spiro atoms. The van der Waals surface area contributed by atoms with Crippen LogP contribution in [0.3, 0.4) is 0 Å². The van der Waals surface area contributed by atoms with Gasteiger partial charge in [0.15, 0.2) is 0 Å². The van der Waals surface area contributed by atoms with E-state index in [1.165, 1.54) is 0 Å². The van der Waals surface area contributed by atoms with E-state index in [9.17, 15) is 4.79 Å². The van der Waals surface area contributed by atoms with Crippen molar-refractivity contribution < 1.29 is 9.18 Å². The first-order valence-electron chi connectivity index (χ1n) is 10.5. The molecule has 1 amide bonds. The van der Waals surface area contributed by atoms with Crippen LogP contribution in [0.25, 0.3) is 22.2 Å². The summed E-state index contributed by atoms with van der Waals surface area (Å²) in [5.41, 5.74) is 10.8. The number of fused-ring (bicyclic) bond motifs is 2. The van der Waals surface area contributed by atoms with Crippen molar-refractivity contribution in [2.24, 2.45) is 7.05 Å². The largest absolute Gasteiger partial charge is 0.383 e. The second-order valence-corrected chi connectivity index (χ2v) is 8.31. The lowest BCUT2D eigenvalue weighted by molar-refractivity contribution is -0.119. The molecule has 0 bridgehead atoms. The Morgan fingerprint density at radius 2 is 1.97 bits per heavy atom. The van der Waals surface area contributed by atoms with Crippen LogP contribution in [0, 0.1) is 26.6 Å². The highest BCUT2D eigenvalue weighted by Crippen LogP contribution is 2.39. The number of rotatable bonds is 3. The van der Waals surface area contributed by atoms with E-state index in [1.54, 1.807) is 22.6 Å². The maximum atomic E-state index is 15.7. The van der Waals surface area contributed by atoms with Crippen molar-refractivity contribution >= 4 is 28.4 Å². The molecule has 5 rings (SSSR count). The highest BCUT2D eigenvalue weighted by Gasteiger charge is 2.30. The van der Waals surface area contributed by atoms with E-state index < -0.39 is 0 Å². The number of benzene rings is 1. The zero-order valence-electron chi connectivity index (χ0n) is 18.5. The van der Waals surface area contributed by atoms with Crippen LogP contribution in [0.15, 0.2) is 24.4 Å². The van der Waals surface area contributed by atoms with E-state index in [0.717, 1.165) is 11.4 Å². The third kappa shape index (κ3) is 3.04. The number of halogens is 1. The van der Waals surface area contributed by atoms with Crippen LogP contribution in [-0.2, 0) is 24.8 Å². The number of nitrogens with zero attached hydrogens (tertiary/aromatic N) is 6. The maximum Gasteiger partial charge on any atom is 0.248 e. The molecule has 0 atom stereocenters. The zero-order chi connectivity index (χ0) is 22.7. The van der Waals surface area contributed by atoms with Gasteiger partial charge in [0.1, 0.15) is 29.7 Å². The summed E-state index contributed by atoms with van der Waals surface area (Å²) in [7, 11) is 1.85. The van der Waals surface area contributed by atoms with Gasteiger partial charge in [-0.15, -0.1) is 0 Å². The molecule has 1 aromatic carbocycles. The second kappa shape index (κ2) is 7.15. The van der Waals surface area contributed by atoms with Crippen molar-refractivity contribution in [1.82, 2.24) is 24.3 Å². The van der Waals surface area contributed by atoms with Gasteiger partial charge >= 0.3 is 0 Å². The van der Waals surface area contributed by atoms with Crippen LogP contribution in [-0.4, -0.2) is 36.8 Å². The molecule has 4 heterocycles. The number of carbonyl (C=O) groups is 1. The fourth-order valence-corrected chi connectivity index (χ4v) is 4.58. The lowest BCUT2D eigenvalue weighted by atomic mass is 10.0. The smallest absolute Gasteiger partial charge is 0.248 e. The average Bonchev–Trinajstić information content (AvgIpc) is 3.38. The monoisotopic (exact) mass is 433 g/mol. The highest BCUT2D eigenvalue weighted by atomic mass is 19.1. The minimum absolute atomic E-state index is 0.111. The summed E-state index contributed by atoms with van der Waals surface area (Å²) >= 11 is 0. The van der Waals surface area contributed by atoms with Gasteiger partial charge in [0.25, 0.3) is 0 Å². The summed E-state index contributed by atoms with van der Waals surface area (Å²) < 4.78 is 19.2. The minimum Gasteiger partial charge on any atom is -0.383 e. The summed E-state index contributed by atoms with van der Waals surface area (Å²) in [5.74, 6) is 0.440. The molecule has 0 unspecified atom stereocenters. The van der Waals surface area contributed by atoms with Crippen LogP contribution in [0.1, 0.15) is 22.8 Å². The van der Waals surface area contributed by atoms with Gasteiger partial charge in [-0.3, -0.25) is 9.48 Å². The number of aryl methyl sites for hydroxylation is 4. The van der Waals surface area contributed by atoms with E-state index in [2.05, 4.69) is 15.1 Å². The molecule has 1 aliphatic heterocycles. The number of carbonyl (C=O) groups excluding carboxylic acids is 1. The van der Waals surface area contributed by atoms with Gasteiger partial charge in [0, 0.05) is 47.9 Å². The molecule has 0 saturated carbocycles. The van der Waals surface area contributed by atoms with Crippen molar-refractivity contribution in [2.45, 2.75) is 33.7 Å². The van der Waals surface area contributed by atoms with Crippen molar-refractivity contribution in [3.8, 4) is 11.1 Å². The van der Waals surface area contributed by atoms with E-state index in [4.69, 9.17) is 5.73 Å². The van der Waals surface area contributed by atoms with E-state index in [-0.39, 0.29) is 18.3 Å². The molecule has 0 saturated heterocycles. The van der Waals surface area contributed by atoms with Crippen LogP contribution in [0.5, 0.6) is 0 Å². The van der Waals surface area contributed by atoms with Gasteiger partial charge in [-0.05, 0) is 45.4 Å². The van der Waals surface area contributed by atoms with E-state index in [1.807, 2.05) is 43.8 Å². The molecule has 3 aromatic heterocycles. The number of nitrogen functional groups attached to an aromatic ring is 1. The Hall–Kier alpha value is -3.75. The minimum atomic E-state index is -0.337. The SMILES string of the molecule is Cc1cc(C)n(CC(=O)N2CCc3c2ccc(-c2cn(C)c4nc(C)nc(N)c24)c3F)n1. The van der Waals surface area contributed by atoms with Crippen LogP contribution < -0.4 is 10.6 Å². The fourth-order valence-electron chi connectivity index (χ4n) is 4.58. The van der Waals surface area contributed by atoms with E-state index >= 15 is 4.39 Å². The third-order valence-corrected chi connectivity index (χ3v) is 6.03. The summed E-state index contributed by atoms with van der Waals surface area (Å²) in [6.45, 7) is 6.14. The highest BCUT2D eigenvalue weighted by molar-refractivity contribution is 6.02. The molecular weight excluding hydrogens is 409 g/mol. The molecule has 0 aliphatic carbocycles.